The average molecular weight is 232 g/mol. The van der Waals surface area contributed by atoms with Crippen LogP contribution >= 0.6 is 0 Å². The number of rotatable bonds is 3. The lowest BCUT2D eigenvalue weighted by atomic mass is 9.92. The molecule has 0 radical (unpaired) electrons. The molecule has 1 unspecified atom stereocenters. The summed E-state index contributed by atoms with van der Waals surface area (Å²) in [5.41, 5.74) is 3.79. The first kappa shape index (κ1) is 12.2. The van der Waals surface area contributed by atoms with E-state index in [0.29, 0.717) is 0 Å². The number of hydrogen-bond donors (Lipinski definition) is 1. The molecule has 0 amide bonds. The molecule has 0 aromatic heterocycles. The van der Waals surface area contributed by atoms with Gasteiger partial charge in [0.2, 0.25) is 0 Å². The summed E-state index contributed by atoms with van der Waals surface area (Å²) in [7, 11) is 1.71. The molecule has 2 heteroatoms. The van der Waals surface area contributed by atoms with E-state index in [1.807, 2.05) is 12.1 Å². The number of aliphatic hydroxyl groups is 1. The van der Waals surface area contributed by atoms with Crippen LogP contribution in [0.2, 0.25) is 0 Å². The zero-order valence-corrected chi connectivity index (χ0v) is 10.6. The minimum Gasteiger partial charge on any atom is -0.496 e. The lowest BCUT2D eigenvalue weighted by molar-refractivity contribution is 0.202. The van der Waals surface area contributed by atoms with Crippen LogP contribution in [0, 0.1) is 6.92 Å². The number of ether oxygens (including phenoxy) is 1. The van der Waals surface area contributed by atoms with Gasteiger partial charge in [-0.2, -0.15) is 0 Å². The van der Waals surface area contributed by atoms with E-state index in [-0.39, 0.29) is 6.10 Å². The van der Waals surface area contributed by atoms with Crippen molar-refractivity contribution in [3.63, 3.8) is 0 Å². The maximum Gasteiger partial charge on any atom is 0.122 e. The third kappa shape index (κ3) is 3.10. The van der Waals surface area contributed by atoms with Crippen molar-refractivity contribution in [1.82, 2.24) is 0 Å². The highest BCUT2D eigenvalue weighted by molar-refractivity contribution is 5.39. The highest BCUT2D eigenvalue weighted by Gasteiger charge is 2.13. The Bertz CT molecular complexity index is 421. The first-order valence-electron chi connectivity index (χ1n) is 6.20. The largest absolute Gasteiger partial charge is 0.496 e. The number of hydrogen-bond acceptors (Lipinski definition) is 2. The number of aryl methyl sites for hydroxylation is 1. The van der Waals surface area contributed by atoms with Crippen molar-refractivity contribution in [3.05, 3.63) is 41.0 Å². The average Bonchev–Trinajstić information content (AvgIpc) is 2.29. The van der Waals surface area contributed by atoms with Gasteiger partial charge in [-0.05, 0) is 44.2 Å². The van der Waals surface area contributed by atoms with E-state index in [9.17, 15) is 5.11 Å². The minimum absolute atomic E-state index is 0.255. The predicted molar refractivity (Wildman–Crippen MR) is 69.4 cm³/mol. The number of benzene rings is 1. The Balaban J connectivity index is 2.20. The van der Waals surface area contributed by atoms with Crippen LogP contribution in [0.1, 0.15) is 30.4 Å². The van der Waals surface area contributed by atoms with Crippen LogP contribution in [0.3, 0.4) is 0 Å². The predicted octanol–water partition coefficient (Wildman–Crippen LogP) is 3.02. The summed E-state index contributed by atoms with van der Waals surface area (Å²) in [6.07, 6.45) is 5.71. The zero-order valence-electron chi connectivity index (χ0n) is 10.6. The van der Waals surface area contributed by atoms with Gasteiger partial charge in [0.1, 0.15) is 5.75 Å². The molecule has 1 aliphatic carbocycles. The van der Waals surface area contributed by atoms with Gasteiger partial charge in [-0.25, -0.2) is 0 Å². The van der Waals surface area contributed by atoms with Gasteiger partial charge in [0.25, 0.3) is 0 Å². The molecular weight excluding hydrogens is 212 g/mol. The van der Waals surface area contributed by atoms with Gasteiger partial charge in [-0.15, -0.1) is 0 Å². The normalized spacial score (nSPS) is 19.9. The summed E-state index contributed by atoms with van der Waals surface area (Å²) in [6, 6.07) is 6.25. The van der Waals surface area contributed by atoms with Gasteiger partial charge < -0.3 is 9.84 Å². The summed E-state index contributed by atoms with van der Waals surface area (Å²) < 4.78 is 5.38. The van der Waals surface area contributed by atoms with E-state index in [1.165, 1.54) is 16.7 Å². The Kier molecular flexibility index (Phi) is 3.85. The number of aliphatic hydroxyl groups excluding tert-OH is 1. The molecule has 0 aliphatic heterocycles. The summed E-state index contributed by atoms with van der Waals surface area (Å²) in [4.78, 5) is 0. The van der Waals surface area contributed by atoms with E-state index < -0.39 is 0 Å². The van der Waals surface area contributed by atoms with E-state index in [4.69, 9.17) is 4.74 Å². The second kappa shape index (κ2) is 5.37. The van der Waals surface area contributed by atoms with Gasteiger partial charge in [-0.3, -0.25) is 0 Å². The second-order valence-electron chi connectivity index (χ2n) is 4.78. The summed E-state index contributed by atoms with van der Waals surface area (Å²) in [5.74, 6) is 0.941. The van der Waals surface area contributed by atoms with Crippen molar-refractivity contribution in [3.8, 4) is 5.75 Å². The fraction of sp³-hybridized carbons (Fsp3) is 0.467. The molecule has 1 aliphatic rings. The first-order valence-corrected chi connectivity index (χ1v) is 6.20. The summed E-state index contributed by atoms with van der Waals surface area (Å²) in [5, 5.41) is 9.63. The highest BCUT2D eigenvalue weighted by atomic mass is 16.5. The molecule has 92 valence electrons. The van der Waals surface area contributed by atoms with Crippen molar-refractivity contribution in [2.75, 3.05) is 7.11 Å². The molecule has 1 aromatic rings. The van der Waals surface area contributed by atoms with Crippen molar-refractivity contribution in [2.45, 2.75) is 38.7 Å². The molecule has 17 heavy (non-hydrogen) atoms. The van der Waals surface area contributed by atoms with E-state index >= 15 is 0 Å². The molecule has 0 saturated heterocycles. The van der Waals surface area contributed by atoms with Crippen LogP contribution in [0.25, 0.3) is 0 Å². The summed E-state index contributed by atoms with van der Waals surface area (Å²) >= 11 is 0. The highest BCUT2D eigenvalue weighted by Crippen LogP contribution is 2.27. The molecule has 0 bridgehead atoms. The van der Waals surface area contributed by atoms with Crippen LogP contribution in [0.5, 0.6) is 5.75 Å². The Morgan fingerprint density at radius 3 is 2.94 bits per heavy atom. The number of methoxy groups -OCH3 is 1. The van der Waals surface area contributed by atoms with Crippen molar-refractivity contribution in [1.29, 1.82) is 0 Å². The van der Waals surface area contributed by atoms with Gasteiger partial charge in [0.15, 0.2) is 0 Å². The fourth-order valence-corrected chi connectivity index (χ4v) is 2.41. The Morgan fingerprint density at radius 1 is 1.41 bits per heavy atom. The lowest BCUT2D eigenvalue weighted by Gasteiger charge is -2.18. The van der Waals surface area contributed by atoms with E-state index in [1.54, 1.807) is 7.11 Å². The minimum atomic E-state index is -0.255. The zero-order chi connectivity index (χ0) is 12.3. The fourth-order valence-electron chi connectivity index (χ4n) is 2.41. The van der Waals surface area contributed by atoms with Gasteiger partial charge in [0, 0.05) is 0 Å². The molecular formula is C15H20O2. The van der Waals surface area contributed by atoms with Gasteiger partial charge in [-0.1, -0.05) is 29.3 Å². The van der Waals surface area contributed by atoms with Gasteiger partial charge >= 0.3 is 0 Å². The molecule has 2 rings (SSSR count). The van der Waals surface area contributed by atoms with Crippen LogP contribution in [-0.4, -0.2) is 18.3 Å². The van der Waals surface area contributed by atoms with Crippen LogP contribution < -0.4 is 4.74 Å². The van der Waals surface area contributed by atoms with Crippen LogP contribution in [0.15, 0.2) is 29.8 Å². The topological polar surface area (TPSA) is 29.5 Å². The molecule has 1 aromatic carbocycles. The monoisotopic (exact) mass is 232 g/mol. The molecule has 0 heterocycles. The summed E-state index contributed by atoms with van der Waals surface area (Å²) in [6.45, 7) is 2.09. The maximum absolute atomic E-state index is 9.63. The molecule has 1 N–H and O–H groups in total. The Labute approximate surface area is 103 Å². The van der Waals surface area contributed by atoms with Gasteiger partial charge in [0.05, 0.1) is 13.2 Å². The standard InChI is InChI=1S/C15H20O2/c1-11-6-7-15(17-2)13(8-11)9-12-4-3-5-14(16)10-12/h6-8,10,14,16H,3-5,9H2,1-2H3. The van der Waals surface area contributed by atoms with Crippen LogP contribution in [0.4, 0.5) is 0 Å². The Hall–Kier alpha value is -1.28. The third-order valence-electron chi connectivity index (χ3n) is 3.28. The second-order valence-corrected chi connectivity index (χ2v) is 4.78. The van der Waals surface area contributed by atoms with E-state index in [0.717, 1.165) is 31.4 Å². The van der Waals surface area contributed by atoms with Crippen molar-refractivity contribution >= 4 is 0 Å². The quantitative estimate of drug-likeness (QED) is 0.812. The number of allylic oxidation sites excluding steroid dienone is 1. The maximum atomic E-state index is 9.63. The third-order valence-corrected chi connectivity index (χ3v) is 3.28. The Morgan fingerprint density at radius 2 is 2.24 bits per heavy atom. The molecule has 0 saturated carbocycles. The molecule has 2 nitrogen and oxygen atoms in total. The van der Waals surface area contributed by atoms with E-state index in [2.05, 4.69) is 19.1 Å². The molecule has 0 fully saturated rings. The SMILES string of the molecule is COc1ccc(C)cc1CC1=CC(O)CCC1. The lowest BCUT2D eigenvalue weighted by Crippen LogP contribution is -2.10. The van der Waals surface area contributed by atoms with Crippen molar-refractivity contribution < 1.29 is 9.84 Å². The molecule has 0 spiro atoms. The smallest absolute Gasteiger partial charge is 0.122 e. The van der Waals surface area contributed by atoms with Crippen LogP contribution in [-0.2, 0) is 6.42 Å². The first-order chi connectivity index (χ1) is 8.19. The van der Waals surface area contributed by atoms with Crippen molar-refractivity contribution in [2.24, 2.45) is 0 Å². The molecule has 1 atom stereocenters.